The van der Waals surface area contributed by atoms with Crippen molar-refractivity contribution >= 4 is 29.1 Å². The topological polar surface area (TPSA) is 93.4 Å². The highest BCUT2D eigenvalue weighted by Gasteiger charge is 2.19. The minimum atomic E-state index is -1.38. The van der Waals surface area contributed by atoms with Crippen molar-refractivity contribution in [2.45, 2.75) is 6.42 Å². The molecule has 6 heteroatoms. The smallest absolute Gasteiger partial charge is 0.341 e. The van der Waals surface area contributed by atoms with E-state index in [0.717, 1.165) is 4.57 Å². The van der Waals surface area contributed by atoms with Crippen molar-refractivity contribution in [3.8, 4) is 0 Å². The van der Waals surface area contributed by atoms with Crippen LogP contribution in [0, 0.1) is 0 Å². The first kappa shape index (κ1) is 16.3. The molecule has 0 fully saturated rings. The van der Waals surface area contributed by atoms with E-state index < -0.39 is 23.0 Å². The van der Waals surface area contributed by atoms with Crippen LogP contribution in [-0.4, -0.2) is 27.8 Å². The zero-order valence-corrected chi connectivity index (χ0v) is 13.0. The second kappa shape index (κ2) is 6.52. The number of carbonyl (C=O) groups excluding carboxylic acids is 2. The van der Waals surface area contributed by atoms with E-state index in [1.54, 1.807) is 48.5 Å². The molecule has 0 aliphatic carbocycles. The predicted molar refractivity (Wildman–Crippen MR) is 91.3 cm³/mol. The number of hydrogen-bond donors (Lipinski definition) is 1. The van der Waals surface area contributed by atoms with E-state index in [9.17, 15) is 24.3 Å². The number of para-hydroxylation sites is 1. The number of benzene rings is 2. The molecule has 0 aliphatic rings. The van der Waals surface area contributed by atoms with E-state index >= 15 is 0 Å². The Morgan fingerprint density at radius 2 is 1.72 bits per heavy atom. The van der Waals surface area contributed by atoms with Gasteiger partial charge in [0.1, 0.15) is 11.8 Å². The average molecular weight is 335 g/mol. The maximum Gasteiger partial charge on any atom is 0.341 e. The molecule has 0 radical (unpaired) electrons. The molecule has 1 heterocycles. The summed E-state index contributed by atoms with van der Waals surface area (Å²) >= 11 is 0. The Bertz CT molecular complexity index is 1050. The van der Waals surface area contributed by atoms with Gasteiger partial charge >= 0.3 is 5.97 Å². The number of nitrogens with zero attached hydrogens (tertiary/aromatic N) is 1. The Hall–Kier alpha value is -3.54. The Morgan fingerprint density at radius 3 is 2.36 bits per heavy atom. The molecule has 2 aromatic carbocycles. The molecule has 0 aliphatic heterocycles. The number of aromatic nitrogens is 1. The number of fused-ring (bicyclic) bond motifs is 1. The van der Waals surface area contributed by atoms with Gasteiger partial charge in [-0.25, -0.2) is 9.36 Å². The minimum Gasteiger partial charge on any atom is -0.477 e. The first-order valence-electron chi connectivity index (χ1n) is 7.46. The van der Waals surface area contributed by atoms with Gasteiger partial charge in [-0.3, -0.25) is 14.4 Å². The predicted octanol–water partition coefficient (Wildman–Crippen LogP) is 2.40. The van der Waals surface area contributed by atoms with Crippen molar-refractivity contribution in [1.82, 2.24) is 4.57 Å². The summed E-state index contributed by atoms with van der Waals surface area (Å²) < 4.78 is 0.895. The van der Waals surface area contributed by atoms with Gasteiger partial charge in [0.05, 0.1) is 11.9 Å². The number of pyridine rings is 1. The molecular weight excluding hydrogens is 322 g/mol. The van der Waals surface area contributed by atoms with Gasteiger partial charge in [-0.2, -0.15) is 0 Å². The summed E-state index contributed by atoms with van der Waals surface area (Å²) in [5.41, 5.74) is 0.134. The van der Waals surface area contributed by atoms with Gasteiger partial charge in [0.2, 0.25) is 5.91 Å². The molecule has 124 valence electrons. The van der Waals surface area contributed by atoms with Crippen LogP contribution < -0.4 is 5.56 Å². The molecule has 0 spiro atoms. The molecule has 0 unspecified atom stereocenters. The van der Waals surface area contributed by atoms with Crippen molar-refractivity contribution in [2.24, 2.45) is 0 Å². The zero-order chi connectivity index (χ0) is 18.0. The Labute approximate surface area is 141 Å². The zero-order valence-electron chi connectivity index (χ0n) is 13.0. The Morgan fingerprint density at radius 1 is 1.04 bits per heavy atom. The van der Waals surface area contributed by atoms with Crippen molar-refractivity contribution < 1.29 is 19.5 Å². The van der Waals surface area contributed by atoms with Gasteiger partial charge in [-0.05, 0) is 23.1 Å². The first-order chi connectivity index (χ1) is 12.0. The van der Waals surface area contributed by atoms with Crippen LogP contribution in [0.1, 0.15) is 31.1 Å². The fourth-order valence-corrected chi connectivity index (χ4v) is 2.63. The summed E-state index contributed by atoms with van der Waals surface area (Å²) in [6.07, 6.45) is 0.603. The maximum absolute atomic E-state index is 12.7. The molecule has 3 rings (SSSR count). The Balaban J connectivity index is 2.11. The number of carbonyl (C=O) groups is 3. The fourth-order valence-electron chi connectivity index (χ4n) is 2.63. The highest BCUT2D eigenvalue weighted by molar-refractivity contribution is 5.97. The summed E-state index contributed by atoms with van der Waals surface area (Å²) in [6, 6.07) is 14.3. The standard InChI is InChI=1S/C19H13NO5/c21-11-13-7-5-12(6-8-13)9-17(22)20-16-4-2-1-3-14(16)10-15(18(20)23)19(24)25/h1-8,10-11H,9H2,(H,24,25). The average Bonchev–Trinajstić information content (AvgIpc) is 2.61. The largest absolute Gasteiger partial charge is 0.477 e. The summed E-state index contributed by atoms with van der Waals surface area (Å²) in [7, 11) is 0. The third-order valence-electron chi connectivity index (χ3n) is 3.86. The minimum absolute atomic E-state index is 0.0912. The highest BCUT2D eigenvalue weighted by Crippen LogP contribution is 2.15. The summed E-state index contributed by atoms with van der Waals surface area (Å²) in [5, 5.41) is 9.71. The van der Waals surface area contributed by atoms with E-state index in [1.165, 1.54) is 6.07 Å². The fraction of sp³-hybridized carbons (Fsp3) is 0.0526. The van der Waals surface area contributed by atoms with Crippen molar-refractivity contribution in [1.29, 1.82) is 0 Å². The van der Waals surface area contributed by atoms with Gasteiger partial charge in [0.25, 0.3) is 5.56 Å². The molecule has 25 heavy (non-hydrogen) atoms. The van der Waals surface area contributed by atoms with Crippen molar-refractivity contribution in [3.63, 3.8) is 0 Å². The second-order valence-corrected chi connectivity index (χ2v) is 5.49. The van der Waals surface area contributed by atoms with Crippen molar-refractivity contribution in [3.05, 3.63) is 81.6 Å². The molecule has 6 nitrogen and oxygen atoms in total. The van der Waals surface area contributed by atoms with Crippen LogP contribution in [0.5, 0.6) is 0 Å². The SMILES string of the molecule is O=Cc1ccc(CC(=O)n2c(=O)c(C(=O)O)cc3ccccc32)cc1. The highest BCUT2D eigenvalue weighted by atomic mass is 16.4. The van der Waals surface area contributed by atoms with Gasteiger partial charge in [-0.15, -0.1) is 0 Å². The third kappa shape index (κ3) is 3.10. The number of carboxylic acids is 1. The number of carboxylic acid groups (broad SMARTS) is 1. The van der Waals surface area contributed by atoms with Gasteiger partial charge in [0.15, 0.2) is 0 Å². The lowest BCUT2D eigenvalue weighted by Crippen LogP contribution is -2.32. The first-order valence-corrected chi connectivity index (χ1v) is 7.46. The number of aldehydes is 1. The maximum atomic E-state index is 12.7. The molecular formula is C19H13NO5. The summed E-state index contributed by atoms with van der Waals surface area (Å²) in [4.78, 5) is 47.1. The molecule has 0 bridgehead atoms. The van der Waals surface area contributed by atoms with E-state index in [4.69, 9.17) is 0 Å². The van der Waals surface area contributed by atoms with E-state index in [0.29, 0.717) is 28.3 Å². The monoisotopic (exact) mass is 335 g/mol. The Kier molecular flexibility index (Phi) is 4.26. The van der Waals surface area contributed by atoms with Crippen LogP contribution in [-0.2, 0) is 6.42 Å². The molecule has 0 amide bonds. The van der Waals surface area contributed by atoms with Crippen LogP contribution in [0.3, 0.4) is 0 Å². The van der Waals surface area contributed by atoms with Crippen LogP contribution >= 0.6 is 0 Å². The van der Waals surface area contributed by atoms with Crippen LogP contribution in [0.15, 0.2) is 59.4 Å². The number of aromatic carboxylic acids is 1. The second-order valence-electron chi connectivity index (χ2n) is 5.49. The van der Waals surface area contributed by atoms with Crippen LogP contribution in [0.4, 0.5) is 0 Å². The lowest BCUT2D eigenvalue weighted by atomic mass is 10.1. The quantitative estimate of drug-likeness (QED) is 0.739. The third-order valence-corrected chi connectivity index (χ3v) is 3.86. The molecule has 0 atom stereocenters. The molecule has 0 saturated carbocycles. The summed E-state index contributed by atoms with van der Waals surface area (Å²) in [5.74, 6) is -1.92. The lowest BCUT2D eigenvalue weighted by Gasteiger charge is -2.10. The van der Waals surface area contributed by atoms with E-state index in [1.807, 2.05) is 0 Å². The summed E-state index contributed by atoms with van der Waals surface area (Å²) in [6.45, 7) is 0. The van der Waals surface area contributed by atoms with E-state index in [-0.39, 0.29) is 6.42 Å². The van der Waals surface area contributed by atoms with Crippen LogP contribution in [0.2, 0.25) is 0 Å². The van der Waals surface area contributed by atoms with Gasteiger partial charge in [0, 0.05) is 5.56 Å². The van der Waals surface area contributed by atoms with Gasteiger partial charge < -0.3 is 5.11 Å². The molecule has 0 saturated heterocycles. The molecule has 1 N–H and O–H groups in total. The molecule has 3 aromatic rings. The van der Waals surface area contributed by atoms with Gasteiger partial charge in [-0.1, -0.05) is 42.5 Å². The number of hydrogen-bond acceptors (Lipinski definition) is 4. The number of rotatable bonds is 4. The van der Waals surface area contributed by atoms with Crippen LogP contribution in [0.25, 0.3) is 10.9 Å². The normalized spacial score (nSPS) is 10.6. The molecule has 1 aromatic heterocycles. The lowest BCUT2D eigenvalue weighted by molar-refractivity contribution is 0.0694. The van der Waals surface area contributed by atoms with E-state index in [2.05, 4.69) is 0 Å². The van der Waals surface area contributed by atoms with Crippen molar-refractivity contribution in [2.75, 3.05) is 0 Å².